The number of benzene rings is 1. The molecule has 0 aliphatic heterocycles. The standard InChI is InChI=1S/C14H18FN3O/c1-3-7-16-9-12-10-19-14(17-12)18(2)13-6-4-5-11(15)8-13/h4-6,8,10,16H,3,7,9H2,1-2H3. The molecule has 0 atom stereocenters. The first-order valence-electron chi connectivity index (χ1n) is 6.35. The zero-order valence-electron chi connectivity index (χ0n) is 11.2. The molecule has 0 aliphatic carbocycles. The Morgan fingerprint density at radius 1 is 1.42 bits per heavy atom. The van der Waals surface area contributed by atoms with Gasteiger partial charge >= 0.3 is 6.01 Å². The monoisotopic (exact) mass is 263 g/mol. The van der Waals surface area contributed by atoms with Crippen LogP contribution in [0.25, 0.3) is 0 Å². The molecule has 1 aromatic carbocycles. The number of hydrogen-bond donors (Lipinski definition) is 1. The number of nitrogens with zero attached hydrogens (tertiary/aromatic N) is 2. The summed E-state index contributed by atoms with van der Waals surface area (Å²) in [5.41, 5.74) is 1.54. The molecule has 19 heavy (non-hydrogen) atoms. The van der Waals surface area contributed by atoms with Gasteiger partial charge in [-0.15, -0.1) is 0 Å². The lowest BCUT2D eigenvalue weighted by Gasteiger charge is -2.14. The number of rotatable bonds is 6. The van der Waals surface area contributed by atoms with Crippen molar-refractivity contribution in [1.29, 1.82) is 0 Å². The van der Waals surface area contributed by atoms with Gasteiger partial charge in [-0.1, -0.05) is 13.0 Å². The number of nitrogens with one attached hydrogen (secondary N) is 1. The molecule has 1 N–H and O–H groups in total. The van der Waals surface area contributed by atoms with Crippen molar-refractivity contribution < 1.29 is 8.81 Å². The van der Waals surface area contributed by atoms with Crippen LogP contribution in [0, 0.1) is 5.82 Å². The molecule has 2 rings (SSSR count). The maximum absolute atomic E-state index is 13.2. The number of aromatic nitrogens is 1. The summed E-state index contributed by atoms with van der Waals surface area (Å²) in [5, 5.41) is 3.25. The minimum Gasteiger partial charge on any atom is -0.431 e. The fraction of sp³-hybridized carbons (Fsp3) is 0.357. The van der Waals surface area contributed by atoms with Gasteiger partial charge in [0.2, 0.25) is 0 Å². The Morgan fingerprint density at radius 2 is 2.26 bits per heavy atom. The molecule has 1 aromatic heterocycles. The van der Waals surface area contributed by atoms with Crippen molar-refractivity contribution in [3.63, 3.8) is 0 Å². The summed E-state index contributed by atoms with van der Waals surface area (Å²) < 4.78 is 18.6. The van der Waals surface area contributed by atoms with Gasteiger partial charge in [-0.3, -0.25) is 4.90 Å². The highest BCUT2D eigenvalue weighted by molar-refractivity contribution is 5.55. The van der Waals surface area contributed by atoms with Crippen molar-refractivity contribution in [2.45, 2.75) is 19.9 Å². The minimum atomic E-state index is -0.277. The van der Waals surface area contributed by atoms with Crippen molar-refractivity contribution >= 4 is 11.7 Å². The molecule has 2 aromatic rings. The first kappa shape index (κ1) is 13.5. The molecule has 0 saturated carbocycles. The summed E-state index contributed by atoms with van der Waals surface area (Å²) in [6.07, 6.45) is 2.70. The largest absolute Gasteiger partial charge is 0.431 e. The molecule has 5 heteroatoms. The first-order chi connectivity index (χ1) is 9.20. The van der Waals surface area contributed by atoms with Gasteiger partial charge in [-0.05, 0) is 31.2 Å². The van der Waals surface area contributed by atoms with Crippen LogP contribution in [0.3, 0.4) is 0 Å². The van der Waals surface area contributed by atoms with E-state index < -0.39 is 0 Å². The highest BCUT2D eigenvalue weighted by Gasteiger charge is 2.11. The second kappa shape index (κ2) is 6.33. The summed E-state index contributed by atoms with van der Waals surface area (Å²) in [4.78, 5) is 6.08. The normalized spacial score (nSPS) is 10.7. The molecule has 0 unspecified atom stereocenters. The van der Waals surface area contributed by atoms with Crippen LogP contribution in [0.1, 0.15) is 19.0 Å². The van der Waals surface area contributed by atoms with Gasteiger partial charge in [-0.2, -0.15) is 4.98 Å². The predicted molar refractivity (Wildman–Crippen MR) is 73.0 cm³/mol. The number of halogens is 1. The molecule has 1 heterocycles. The van der Waals surface area contributed by atoms with Crippen molar-refractivity contribution in [3.8, 4) is 0 Å². The first-order valence-corrected chi connectivity index (χ1v) is 6.35. The second-order valence-corrected chi connectivity index (χ2v) is 4.34. The molecule has 0 amide bonds. The van der Waals surface area contributed by atoms with Gasteiger partial charge in [0.05, 0.1) is 5.69 Å². The van der Waals surface area contributed by atoms with Crippen molar-refractivity contribution in [3.05, 3.63) is 42.0 Å². The van der Waals surface area contributed by atoms with Gasteiger partial charge in [-0.25, -0.2) is 4.39 Å². The van der Waals surface area contributed by atoms with Gasteiger partial charge < -0.3 is 9.73 Å². The van der Waals surface area contributed by atoms with Gasteiger partial charge in [0, 0.05) is 19.3 Å². The third kappa shape index (κ3) is 3.54. The molecule has 102 valence electrons. The van der Waals surface area contributed by atoms with Crippen LogP contribution in [0.15, 0.2) is 34.9 Å². The fourth-order valence-corrected chi connectivity index (χ4v) is 1.72. The number of anilines is 2. The highest BCUT2D eigenvalue weighted by Crippen LogP contribution is 2.23. The van der Waals surface area contributed by atoms with Crippen LogP contribution in [0.4, 0.5) is 16.1 Å². The maximum atomic E-state index is 13.2. The third-order valence-corrected chi connectivity index (χ3v) is 2.75. The van der Waals surface area contributed by atoms with E-state index in [4.69, 9.17) is 4.42 Å². The maximum Gasteiger partial charge on any atom is 0.301 e. The van der Waals surface area contributed by atoms with Crippen molar-refractivity contribution in [2.24, 2.45) is 0 Å². The van der Waals surface area contributed by atoms with E-state index >= 15 is 0 Å². The van der Waals surface area contributed by atoms with E-state index in [-0.39, 0.29) is 5.82 Å². The van der Waals surface area contributed by atoms with Crippen LogP contribution < -0.4 is 10.2 Å². The van der Waals surface area contributed by atoms with Gasteiger partial charge in [0.25, 0.3) is 0 Å². The molecule has 0 aliphatic rings. The van der Waals surface area contributed by atoms with Crippen LogP contribution in [-0.2, 0) is 6.54 Å². The Bertz CT molecular complexity index is 527. The smallest absolute Gasteiger partial charge is 0.301 e. The molecule has 4 nitrogen and oxygen atoms in total. The molecule has 0 fully saturated rings. The summed E-state index contributed by atoms with van der Waals surface area (Å²) >= 11 is 0. The Labute approximate surface area is 112 Å². The average Bonchev–Trinajstić information content (AvgIpc) is 2.87. The van der Waals surface area contributed by atoms with E-state index in [0.29, 0.717) is 18.2 Å². The Kier molecular flexibility index (Phi) is 4.52. The predicted octanol–water partition coefficient (Wildman–Crippen LogP) is 3.08. The minimum absolute atomic E-state index is 0.277. The van der Waals surface area contributed by atoms with E-state index in [1.807, 2.05) is 6.07 Å². The van der Waals surface area contributed by atoms with E-state index in [1.165, 1.54) is 12.1 Å². The summed E-state index contributed by atoms with van der Waals surface area (Å²) in [6.45, 7) is 3.73. The van der Waals surface area contributed by atoms with E-state index in [0.717, 1.165) is 18.7 Å². The quantitative estimate of drug-likeness (QED) is 0.813. The molecule has 0 bridgehead atoms. The topological polar surface area (TPSA) is 41.3 Å². The summed E-state index contributed by atoms with van der Waals surface area (Å²) in [7, 11) is 1.80. The lowest BCUT2D eigenvalue weighted by molar-refractivity contribution is 0.557. The van der Waals surface area contributed by atoms with Crippen LogP contribution >= 0.6 is 0 Å². The van der Waals surface area contributed by atoms with Crippen LogP contribution in [0.5, 0.6) is 0 Å². The van der Waals surface area contributed by atoms with Crippen molar-refractivity contribution in [1.82, 2.24) is 10.3 Å². The SMILES string of the molecule is CCCNCc1coc(N(C)c2cccc(F)c2)n1. The Hall–Kier alpha value is -1.88. The summed E-state index contributed by atoms with van der Waals surface area (Å²) in [5.74, 6) is -0.277. The summed E-state index contributed by atoms with van der Waals surface area (Å²) in [6, 6.07) is 6.78. The molecule has 0 radical (unpaired) electrons. The Morgan fingerprint density at radius 3 is 3.00 bits per heavy atom. The van der Waals surface area contributed by atoms with Crippen molar-refractivity contribution in [2.75, 3.05) is 18.5 Å². The molecule has 0 saturated heterocycles. The lowest BCUT2D eigenvalue weighted by atomic mass is 10.3. The highest BCUT2D eigenvalue weighted by atomic mass is 19.1. The van der Waals surface area contributed by atoms with E-state index in [1.54, 1.807) is 24.3 Å². The van der Waals surface area contributed by atoms with Gasteiger partial charge in [0.15, 0.2) is 0 Å². The van der Waals surface area contributed by atoms with Crippen LogP contribution in [-0.4, -0.2) is 18.6 Å². The molecular weight excluding hydrogens is 245 g/mol. The average molecular weight is 263 g/mol. The third-order valence-electron chi connectivity index (χ3n) is 2.75. The molecule has 0 spiro atoms. The van der Waals surface area contributed by atoms with Crippen LogP contribution in [0.2, 0.25) is 0 Å². The zero-order valence-corrected chi connectivity index (χ0v) is 11.2. The Balaban J connectivity index is 2.05. The van der Waals surface area contributed by atoms with E-state index in [2.05, 4.69) is 17.2 Å². The number of oxazole rings is 1. The second-order valence-electron chi connectivity index (χ2n) is 4.34. The zero-order chi connectivity index (χ0) is 13.7. The lowest BCUT2D eigenvalue weighted by Crippen LogP contribution is -2.14. The molecular formula is C14H18FN3O. The van der Waals surface area contributed by atoms with Gasteiger partial charge in [0.1, 0.15) is 12.1 Å². The van der Waals surface area contributed by atoms with E-state index in [9.17, 15) is 4.39 Å². The number of hydrogen-bond acceptors (Lipinski definition) is 4. The fourth-order valence-electron chi connectivity index (χ4n) is 1.72.